The van der Waals surface area contributed by atoms with Crippen molar-refractivity contribution in [2.24, 2.45) is 11.8 Å². The normalized spacial score (nSPS) is 14.9. The molecule has 0 aromatic carbocycles. The van der Waals surface area contributed by atoms with Crippen LogP contribution in [0.15, 0.2) is 0 Å². The number of hydrogen-bond donors (Lipinski definition) is 1. The van der Waals surface area contributed by atoms with Gasteiger partial charge in [-0.1, -0.05) is 20.8 Å². The van der Waals surface area contributed by atoms with E-state index in [9.17, 15) is 4.79 Å². The minimum atomic E-state index is -0.432. The van der Waals surface area contributed by atoms with E-state index in [4.69, 9.17) is 4.74 Å². The van der Waals surface area contributed by atoms with Gasteiger partial charge in [0.15, 0.2) is 0 Å². The van der Waals surface area contributed by atoms with Gasteiger partial charge in [-0.05, 0) is 58.9 Å². The molecular weight excluding hydrogens is 264 g/mol. The van der Waals surface area contributed by atoms with Gasteiger partial charge in [0.2, 0.25) is 0 Å². The van der Waals surface area contributed by atoms with Gasteiger partial charge in [-0.25, -0.2) is 4.79 Å². The molecule has 0 saturated heterocycles. The van der Waals surface area contributed by atoms with Crippen LogP contribution in [0.1, 0.15) is 61.3 Å². The van der Waals surface area contributed by atoms with Crippen molar-refractivity contribution in [1.82, 2.24) is 10.2 Å². The predicted octanol–water partition coefficient (Wildman–Crippen LogP) is 3.90. The van der Waals surface area contributed by atoms with E-state index in [0.717, 1.165) is 12.5 Å². The summed E-state index contributed by atoms with van der Waals surface area (Å²) in [4.78, 5) is 13.6. The molecule has 21 heavy (non-hydrogen) atoms. The SMILES string of the molecule is CC(C)CCC(C)NCC(C)CN(C)C(=O)OC(C)(C)C. The molecule has 0 bridgehead atoms. The average molecular weight is 300 g/mol. The van der Waals surface area contributed by atoms with E-state index in [1.165, 1.54) is 12.8 Å². The third-order valence-electron chi connectivity index (χ3n) is 3.28. The van der Waals surface area contributed by atoms with Gasteiger partial charge in [-0.2, -0.15) is 0 Å². The minimum absolute atomic E-state index is 0.248. The van der Waals surface area contributed by atoms with Gasteiger partial charge >= 0.3 is 6.09 Å². The largest absolute Gasteiger partial charge is 0.444 e. The Balaban J connectivity index is 3.97. The van der Waals surface area contributed by atoms with Crippen LogP contribution in [0.2, 0.25) is 0 Å². The summed E-state index contributed by atoms with van der Waals surface area (Å²) in [6, 6.07) is 0.529. The summed E-state index contributed by atoms with van der Waals surface area (Å²) in [7, 11) is 1.80. The molecule has 2 atom stereocenters. The Labute approximate surface area is 131 Å². The number of nitrogens with one attached hydrogen (secondary N) is 1. The van der Waals surface area contributed by atoms with Crippen molar-refractivity contribution < 1.29 is 9.53 Å². The van der Waals surface area contributed by atoms with Gasteiger partial charge in [-0.15, -0.1) is 0 Å². The van der Waals surface area contributed by atoms with Crippen molar-refractivity contribution in [2.75, 3.05) is 20.1 Å². The summed E-state index contributed by atoms with van der Waals surface area (Å²) in [5.74, 6) is 1.16. The summed E-state index contributed by atoms with van der Waals surface area (Å²) in [5.41, 5.74) is -0.432. The van der Waals surface area contributed by atoms with Crippen LogP contribution in [-0.2, 0) is 4.74 Å². The third kappa shape index (κ3) is 11.6. The maximum atomic E-state index is 11.9. The van der Waals surface area contributed by atoms with E-state index in [0.29, 0.717) is 18.5 Å². The zero-order valence-electron chi connectivity index (χ0n) is 15.3. The first kappa shape index (κ1) is 20.2. The van der Waals surface area contributed by atoms with Crippen LogP contribution in [0.3, 0.4) is 0 Å². The Morgan fingerprint density at radius 1 is 1.14 bits per heavy atom. The first-order chi connectivity index (χ1) is 9.51. The smallest absolute Gasteiger partial charge is 0.410 e. The number of amides is 1. The fourth-order valence-corrected chi connectivity index (χ4v) is 2.03. The lowest BCUT2D eigenvalue weighted by Crippen LogP contribution is -2.39. The molecule has 0 aliphatic rings. The fourth-order valence-electron chi connectivity index (χ4n) is 2.03. The highest BCUT2D eigenvalue weighted by molar-refractivity contribution is 5.67. The van der Waals surface area contributed by atoms with Crippen LogP contribution >= 0.6 is 0 Å². The highest BCUT2D eigenvalue weighted by Gasteiger charge is 2.20. The van der Waals surface area contributed by atoms with Gasteiger partial charge in [-0.3, -0.25) is 0 Å². The zero-order chi connectivity index (χ0) is 16.6. The van der Waals surface area contributed by atoms with E-state index in [2.05, 4.69) is 33.0 Å². The molecular formula is C17H36N2O2. The van der Waals surface area contributed by atoms with Crippen molar-refractivity contribution in [3.8, 4) is 0 Å². The van der Waals surface area contributed by atoms with Crippen molar-refractivity contribution >= 4 is 6.09 Å². The van der Waals surface area contributed by atoms with Crippen molar-refractivity contribution in [3.05, 3.63) is 0 Å². The van der Waals surface area contributed by atoms with E-state index >= 15 is 0 Å². The maximum absolute atomic E-state index is 11.9. The van der Waals surface area contributed by atoms with Crippen molar-refractivity contribution in [1.29, 1.82) is 0 Å². The monoisotopic (exact) mass is 300 g/mol. The summed E-state index contributed by atoms with van der Waals surface area (Å²) in [5, 5.41) is 3.55. The average Bonchev–Trinajstić information content (AvgIpc) is 2.31. The first-order valence-corrected chi connectivity index (χ1v) is 8.18. The van der Waals surface area contributed by atoms with E-state index in [-0.39, 0.29) is 6.09 Å². The van der Waals surface area contributed by atoms with E-state index < -0.39 is 5.60 Å². The summed E-state index contributed by atoms with van der Waals surface area (Å²) < 4.78 is 5.36. The quantitative estimate of drug-likeness (QED) is 0.739. The molecule has 4 heteroatoms. The van der Waals surface area contributed by atoms with E-state index in [1.54, 1.807) is 11.9 Å². The number of rotatable bonds is 8. The number of nitrogens with zero attached hydrogens (tertiary/aromatic N) is 1. The van der Waals surface area contributed by atoms with Crippen LogP contribution in [0, 0.1) is 11.8 Å². The van der Waals surface area contributed by atoms with Gasteiger partial charge in [0, 0.05) is 19.6 Å². The molecule has 0 rings (SSSR count). The summed E-state index contributed by atoms with van der Waals surface area (Å²) >= 11 is 0. The van der Waals surface area contributed by atoms with Gasteiger partial charge in [0.1, 0.15) is 5.60 Å². The number of hydrogen-bond acceptors (Lipinski definition) is 3. The van der Waals surface area contributed by atoms with Gasteiger partial charge in [0.25, 0.3) is 0 Å². The molecule has 126 valence electrons. The van der Waals surface area contributed by atoms with Crippen molar-refractivity contribution in [2.45, 2.75) is 73.0 Å². The number of ether oxygens (including phenoxy) is 1. The second kappa shape index (κ2) is 9.29. The predicted molar refractivity (Wildman–Crippen MR) is 89.6 cm³/mol. The molecule has 1 amide bonds. The molecule has 0 fully saturated rings. The van der Waals surface area contributed by atoms with Crippen LogP contribution in [0.4, 0.5) is 4.79 Å². The second-order valence-corrected chi connectivity index (χ2v) is 7.75. The highest BCUT2D eigenvalue weighted by Crippen LogP contribution is 2.10. The standard InChI is InChI=1S/C17H36N2O2/c1-13(2)9-10-15(4)18-11-14(3)12-19(8)16(20)21-17(5,6)7/h13-15,18H,9-12H2,1-8H3. The van der Waals surface area contributed by atoms with Crippen LogP contribution < -0.4 is 5.32 Å². The molecule has 4 nitrogen and oxygen atoms in total. The van der Waals surface area contributed by atoms with Gasteiger partial charge in [0.05, 0.1) is 0 Å². The zero-order valence-corrected chi connectivity index (χ0v) is 15.3. The Hall–Kier alpha value is -0.770. The van der Waals surface area contributed by atoms with E-state index in [1.807, 2.05) is 20.8 Å². The summed E-state index contributed by atoms with van der Waals surface area (Å²) in [6.07, 6.45) is 2.20. The highest BCUT2D eigenvalue weighted by atomic mass is 16.6. The lowest BCUT2D eigenvalue weighted by atomic mass is 10.0. The molecule has 0 saturated carbocycles. The molecule has 0 aromatic heterocycles. The Kier molecular flexibility index (Phi) is 8.95. The molecule has 0 aliphatic carbocycles. The van der Waals surface area contributed by atoms with Gasteiger partial charge < -0.3 is 15.0 Å². The Morgan fingerprint density at radius 2 is 1.71 bits per heavy atom. The molecule has 0 aromatic rings. The van der Waals surface area contributed by atoms with Crippen LogP contribution in [0.5, 0.6) is 0 Å². The minimum Gasteiger partial charge on any atom is -0.444 e. The lowest BCUT2D eigenvalue weighted by Gasteiger charge is -2.27. The topological polar surface area (TPSA) is 41.6 Å². The molecule has 0 aliphatic heterocycles. The summed E-state index contributed by atoms with van der Waals surface area (Å²) in [6.45, 7) is 16.2. The molecule has 0 radical (unpaired) electrons. The van der Waals surface area contributed by atoms with Crippen LogP contribution in [0.25, 0.3) is 0 Å². The fraction of sp³-hybridized carbons (Fsp3) is 0.941. The number of carbonyl (C=O) groups is 1. The van der Waals surface area contributed by atoms with Crippen LogP contribution in [-0.4, -0.2) is 42.8 Å². The first-order valence-electron chi connectivity index (χ1n) is 8.18. The maximum Gasteiger partial charge on any atom is 0.410 e. The second-order valence-electron chi connectivity index (χ2n) is 7.75. The Morgan fingerprint density at radius 3 is 2.19 bits per heavy atom. The molecule has 0 spiro atoms. The Bertz CT molecular complexity index is 298. The lowest BCUT2D eigenvalue weighted by molar-refractivity contribution is 0.0276. The number of carbonyl (C=O) groups excluding carboxylic acids is 1. The third-order valence-corrected chi connectivity index (χ3v) is 3.28. The van der Waals surface area contributed by atoms with Crippen molar-refractivity contribution in [3.63, 3.8) is 0 Å². The molecule has 0 heterocycles. The molecule has 2 unspecified atom stereocenters. The molecule has 1 N–H and O–H groups in total.